The van der Waals surface area contributed by atoms with Gasteiger partial charge in [0.2, 0.25) is 5.79 Å². The van der Waals surface area contributed by atoms with Gasteiger partial charge in [-0.1, -0.05) is 51.5 Å². The maximum absolute atomic E-state index is 14.3. The van der Waals surface area contributed by atoms with Crippen molar-refractivity contribution in [3.8, 4) is 0 Å². The first-order valence-corrected chi connectivity index (χ1v) is 21.3. The third kappa shape index (κ3) is 11.1. The Morgan fingerprint density at radius 3 is 2.22 bits per heavy atom. The fraction of sp³-hybridized carbons (Fsp3) is 0.778. The summed E-state index contributed by atoms with van der Waals surface area (Å²) >= 11 is 0. The Kier molecular flexibility index (Phi) is 17.5. The number of aliphatic hydroxyl groups excluding tert-OH is 2. The van der Waals surface area contributed by atoms with Crippen LogP contribution in [0.4, 0.5) is 0 Å². The van der Waals surface area contributed by atoms with Crippen LogP contribution < -0.4 is 0 Å². The fourth-order valence-electron chi connectivity index (χ4n) is 9.59. The lowest BCUT2D eigenvalue weighted by Gasteiger charge is -2.47. The minimum atomic E-state index is -2.51. The molecule has 1 saturated carbocycles. The van der Waals surface area contributed by atoms with Gasteiger partial charge in [-0.15, -0.1) is 6.58 Å². The Hall–Kier alpha value is -2.78. The number of cyclic esters (lactones) is 1. The van der Waals surface area contributed by atoms with Crippen molar-refractivity contribution in [3.63, 3.8) is 0 Å². The molecular formula is C45H71NO12. The van der Waals surface area contributed by atoms with Crippen LogP contribution in [0.2, 0.25) is 0 Å². The van der Waals surface area contributed by atoms with Crippen LogP contribution >= 0.6 is 0 Å². The van der Waals surface area contributed by atoms with Crippen LogP contribution in [0.5, 0.6) is 0 Å². The van der Waals surface area contributed by atoms with Gasteiger partial charge >= 0.3 is 5.97 Å². The highest BCUT2D eigenvalue weighted by Crippen LogP contribution is 2.39. The van der Waals surface area contributed by atoms with Gasteiger partial charge in [-0.3, -0.25) is 14.4 Å². The second-order valence-electron chi connectivity index (χ2n) is 17.8. The number of methoxy groups -OCH3 is 3. The van der Waals surface area contributed by atoms with E-state index >= 15 is 0 Å². The molecule has 2 bridgehead atoms. The highest BCUT2D eigenvalue weighted by Gasteiger charge is 2.56. The Labute approximate surface area is 345 Å². The van der Waals surface area contributed by atoms with Gasteiger partial charge in [-0.25, -0.2) is 4.79 Å². The van der Waals surface area contributed by atoms with Gasteiger partial charge in [-0.05, 0) is 95.0 Å². The number of allylic oxidation sites excluding steroid dienone is 4. The van der Waals surface area contributed by atoms with Crippen LogP contribution in [-0.4, -0.2) is 126 Å². The van der Waals surface area contributed by atoms with Crippen LogP contribution in [0, 0.1) is 35.5 Å². The number of carbonyl (C=O) groups excluding carboxylic acids is 4. The molecule has 4 rings (SSSR count). The summed E-state index contributed by atoms with van der Waals surface area (Å²) in [5.41, 5.74) is 1.61. The molecule has 1 aliphatic carbocycles. The summed E-state index contributed by atoms with van der Waals surface area (Å²) < 4.78 is 29.8. The molecule has 3 heterocycles. The summed E-state index contributed by atoms with van der Waals surface area (Å²) in [4.78, 5) is 58.1. The van der Waals surface area contributed by atoms with Crippen molar-refractivity contribution < 1.29 is 58.2 Å². The maximum Gasteiger partial charge on any atom is 0.329 e. The number of fused-ring (bicyclic) bond motifs is 3. The number of aliphatic hydroxyl groups is 3. The molecule has 3 N–H and O–H groups in total. The molecule has 0 spiro atoms. The zero-order valence-electron chi connectivity index (χ0n) is 36.3. The van der Waals surface area contributed by atoms with Gasteiger partial charge in [0, 0.05) is 52.0 Å². The zero-order chi connectivity index (χ0) is 43.1. The number of piperidine rings is 1. The highest BCUT2D eigenvalue weighted by atomic mass is 16.7. The molecule has 328 valence electrons. The number of ketones is 2. The predicted octanol–water partition coefficient (Wildman–Crippen LogP) is 4.89. The summed E-state index contributed by atoms with van der Waals surface area (Å²) in [5, 5.41) is 34.3. The first kappa shape index (κ1) is 47.9. The third-order valence-corrected chi connectivity index (χ3v) is 13.3. The van der Waals surface area contributed by atoms with Gasteiger partial charge in [0.05, 0.1) is 30.5 Å². The standard InChI is InChI=1S/C45H71NO12/c1-11-27(4)32-19-25(2)18-26(3)20-38(55-9)41-39(56-10)22-29(6)45(53,58-41)42(50)43(51)46-17-13-12-14-33(46)44(52)57-40(30(7)35(48)24-36(32)49)28(5)21-31-15-16-34(47)37(23-31)54-8/h11,19,21,26-27,29-35,37-41,47-48,53H,1,12-18,20,22-24H2,2-10H3/b25-19+,28-21+/t26-,27-,29?,30+,31?,32?,33?,34?,35-,37?,38-,39?,40+,41+,45?/m0/s1. The van der Waals surface area contributed by atoms with E-state index < -0.39 is 83.9 Å². The van der Waals surface area contributed by atoms with Crippen molar-refractivity contribution in [2.45, 2.75) is 160 Å². The van der Waals surface area contributed by atoms with Gasteiger partial charge in [0.1, 0.15) is 24.0 Å². The third-order valence-electron chi connectivity index (χ3n) is 13.3. The number of rotatable bonds is 7. The summed E-state index contributed by atoms with van der Waals surface area (Å²) in [5.74, 6) is -8.06. The van der Waals surface area contributed by atoms with E-state index in [2.05, 4.69) is 6.58 Å². The predicted molar refractivity (Wildman–Crippen MR) is 217 cm³/mol. The lowest BCUT2D eigenvalue weighted by atomic mass is 9.80. The monoisotopic (exact) mass is 817 g/mol. The minimum Gasteiger partial charge on any atom is -0.456 e. The van der Waals surface area contributed by atoms with Gasteiger partial charge in [-0.2, -0.15) is 0 Å². The molecule has 0 aromatic carbocycles. The lowest BCUT2D eigenvalue weighted by Crippen LogP contribution is -2.64. The van der Waals surface area contributed by atoms with Gasteiger partial charge in [0.25, 0.3) is 11.7 Å². The number of carbonyl (C=O) groups is 4. The van der Waals surface area contributed by atoms with Gasteiger partial charge < -0.3 is 43.9 Å². The van der Waals surface area contributed by atoms with E-state index in [4.69, 9.17) is 23.7 Å². The Balaban J connectivity index is 1.80. The molecule has 58 heavy (non-hydrogen) atoms. The molecule has 15 atom stereocenters. The minimum absolute atomic E-state index is 0.000906. The van der Waals surface area contributed by atoms with Crippen LogP contribution in [0.25, 0.3) is 0 Å². The molecule has 4 aliphatic rings. The van der Waals surface area contributed by atoms with E-state index in [1.807, 2.05) is 39.8 Å². The molecule has 8 unspecified atom stereocenters. The van der Waals surface area contributed by atoms with E-state index in [0.29, 0.717) is 50.5 Å². The maximum atomic E-state index is 14.3. The first-order valence-electron chi connectivity index (χ1n) is 21.3. The number of ether oxygens (including phenoxy) is 5. The normalized spacial score (nSPS) is 41.0. The molecule has 13 heteroatoms. The van der Waals surface area contributed by atoms with Crippen LogP contribution in [0.15, 0.2) is 36.0 Å². The van der Waals surface area contributed by atoms with Crippen LogP contribution in [0.1, 0.15) is 106 Å². The molecule has 0 aromatic heterocycles. The second-order valence-corrected chi connectivity index (χ2v) is 17.8. The molecule has 13 nitrogen and oxygen atoms in total. The van der Waals surface area contributed by atoms with E-state index in [1.54, 1.807) is 27.0 Å². The van der Waals surface area contributed by atoms with Gasteiger partial charge in [0.15, 0.2) is 0 Å². The van der Waals surface area contributed by atoms with Crippen molar-refractivity contribution >= 4 is 23.4 Å². The molecule has 0 radical (unpaired) electrons. The summed E-state index contributed by atoms with van der Waals surface area (Å²) in [7, 11) is 4.61. The fourth-order valence-corrected chi connectivity index (χ4v) is 9.59. The topological polar surface area (TPSA) is 178 Å². The second kappa shape index (κ2) is 21.1. The molecule has 0 aromatic rings. The number of hydrogen-bond acceptors (Lipinski definition) is 12. The SMILES string of the molecule is C=C[C@H](C)C1/C=C(\C)C[C@H](C)C[C@H](OC)[C@H]2OC(O)(C(=O)C(=O)N3CCCCC3C(=O)O[C@H](/C(C)=C/C3CCC(O)C(OC)C3)[C@H](C)[C@@H](O)CC1=O)C(C)CC2OC. The number of Topliss-reactive ketones (excluding diaryl/α,β-unsaturated/α-hetero) is 2. The molecule has 1 amide bonds. The molecular weight excluding hydrogens is 746 g/mol. The smallest absolute Gasteiger partial charge is 0.329 e. The average Bonchev–Trinajstić information content (AvgIpc) is 3.20. The summed E-state index contributed by atoms with van der Waals surface area (Å²) in [6.45, 7) is 15.1. The van der Waals surface area contributed by atoms with E-state index in [1.165, 1.54) is 19.1 Å². The largest absolute Gasteiger partial charge is 0.456 e. The average molecular weight is 818 g/mol. The zero-order valence-corrected chi connectivity index (χ0v) is 36.3. The summed E-state index contributed by atoms with van der Waals surface area (Å²) in [6.07, 6.45) is 4.55. The van der Waals surface area contributed by atoms with Crippen LogP contribution in [-0.2, 0) is 42.9 Å². The van der Waals surface area contributed by atoms with E-state index in [9.17, 15) is 34.5 Å². The number of amides is 1. The van der Waals surface area contributed by atoms with Crippen molar-refractivity contribution in [1.29, 1.82) is 0 Å². The first-order chi connectivity index (χ1) is 27.4. The number of hydrogen-bond donors (Lipinski definition) is 3. The van der Waals surface area contributed by atoms with E-state index in [0.717, 1.165) is 5.57 Å². The molecule has 3 fully saturated rings. The quantitative estimate of drug-likeness (QED) is 0.181. The number of esters is 1. The molecule has 3 aliphatic heterocycles. The Morgan fingerprint density at radius 2 is 1.59 bits per heavy atom. The number of nitrogens with zero attached hydrogens (tertiary/aromatic N) is 1. The summed E-state index contributed by atoms with van der Waals surface area (Å²) in [6, 6.07) is -1.15. The van der Waals surface area contributed by atoms with Crippen molar-refractivity contribution in [1.82, 2.24) is 4.90 Å². The highest BCUT2D eigenvalue weighted by molar-refractivity contribution is 6.39. The van der Waals surface area contributed by atoms with Crippen molar-refractivity contribution in [2.75, 3.05) is 27.9 Å². The van der Waals surface area contributed by atoms with Crippen LogP contribution in [0.3, 0.4) is 0 Å². The lowest BCUT2D eigenvalue weighted by molar-refractivity contribution is -0.302. The molecule has 2 saturated heterocycles. The Bertz CT molecular complexity index is 1510. The van der Waals surface area contributed by atoms with E-state index in [-0.39, 0.29) is 55.4 Å². The van der Waals surface area contributed by atoms with Crippen molar-refractivity contribution in [2.24, 2.45) is 35.5 Å². The van der Waals surface area contributed by atoms with Crippen molar-refractivity contribution in [3.05, 3.63) is 36.0 Å². The Morgan fingerprint density at radius 1 is 0.931 bits per heavy atom.